The minimum atomic E-state index is -0.285. The number of nitrogens with zero attached hydrogens (tertiary/aromatic N) is 5. The van der Waals surface area contributed by atoms with Crippen LogP contribution < -0.4 is 15.4 Å². The van der Waals surface area contributed by atoms with Gasteiger partial charge in [-0.1, -0.05) is 49.1 Å². The summed E-state index contributed by atoms with van der Waals surface area (Å²) in [6, 6.07) is 12.4. The summed E-state index contributed by atoms with van der Waals surface area (Å²) in [5.41, 5.74) is 2.31. The van der Waals surface area contributed by atoms with Gasteiger partial charge in [0.1, 0.15) is 21.8 Å². The molecule has 2 aromatic rings. The van der Waals surface area contributed by atoms with Gasteiger partial charge in [0.15, 0.2) is 0 Å². The standard InChI is InChI=1S/C27H31N5O3S2/c1-4-10-31-24(30-13-11-29(12-14-30)20-8-6-5-7-9-20)21(19(2)22(18-28)25(31)33)17-23-26(34)32(15-16-35-3)27(36)37-23/h5-9,17H,4,10-16H2,1-3H3. The Bertz CT molecular complexity index is 1310. The first-order valence-corrected chi connectivity index (χ1v) is 13.6. The largest absolute Gasteiger partial charge is 0.383 e. The van der Waals surface area contributed by atoms with Crippen molar-refractivity contribution in [1.29, 1.82) is 5.26 Å². The zero-order valence-electron chi connectivity index (χ0n) is 21.4. The van der Waals surface area contributed by atoms with E-state index in [1.54, 1.807) is 18.6 Å². The van der Waals surface area contributed by atoms with Crippen molar-refractivity contribution in [1.82, 2.24) is 9.47 Å². The summed E-state index contributed by atoms with van der Waals surface area (Å²) in [6.45, 7) is 8.05. The second-order valence-electron chi connectivity index (χ2n) is 8.94. The number of hydrogen-bond donors (Lipinski definition) is 0. The van der Waals surface area contributed by atoms with Gasteiger partial charge in [0.05, 0.1) is 18.1 Å². The fourth-order valence-electron chi connectivity index (χ4n) is 4.74. The lowest BCUT2D eigenvalue weighted by Crippen LogP contribution is -2.48. The van der Waals surface area contributed by atoms with E-state index >= 15 is 0 Å². The van der Waals surface area contributed by atoms with Crippen molar-refractivity contribution >= 4 is 51.8 Å². The van der Waals surface area contributed by atoms with Crippen LogP contribution in [-0.2, 0) is 16.1 Å². The number of anilines is 2. The molecule has 10 heteroatoms. The highest BCUT2D eigenvalue weighted by Gasteiger charge is 2.33. The molecule has 8 nitrogen and oxygen atoms in total. The Balaban J connectivity index is 1.77. The van der Waals surface area contributed by atoms with Crippen molar-refractivity contribution in [2.24, 2.45) is 0 Å². The predicted octanol–water partition coefficient (Wildman–Crippen LogP) is 3.61. The number of para-hydroxylation sites is 1. The van der Waals surface area contributed by atoms with Crippen LogP contribution in [0.15, 0.2) is 40.0 Å². The Kier molecular flexibility index (Phi) is 8.69. The zero-order chi connectivity index (χ0) is 26.5. The topological polar surface area (TPSA) is 81.8 Å². The molecule has 0 N–H and O–H groups in total. The molecule has 0 bridgehead atoms. The Morgan fingerprint density at radius 1 is 1.11 bits per heavy atom. The Morgan fingerprint density at radius 3 is 2.41 bits per heavy atom. The van der Waals surface area contributed by atoms with Crippen molar-refractivity contribution in [3.8, 4) is 6.07 Å². The first-order valence-electron chi connectivity index (χ1n) is 12.4. The van der Waals surface area contributed by atoms with Gasteiger partial charge in [0, 0.05) is 51.1 Å². The molecule has 0 radical (unpaired) electrons. The molecule has 37 heavy (non-hydrogen) atoms. The maximum Gasteiger partial charge on any atom is 0.270 e. The average molecular weight is 538 g/mol. The lowest BCUT2D eigenvalue weighted by Gasteiger charge is -2.39. The molecule has 1 aromatic carbocycles. The molecule has 0 unspecified atom stereocenters. The van der Waals surface area contributed by atoms with Crippen LogP contribution in [0.1, 0.15) is 30.0 Å². The van der Waals surface area contributed by atoms with Gasteiger partial charge < -0.3 is 14.5 Å². The van der Waals surface area contributed by atoms with Crippen molar-refractivity contribution in [3.05, 3.63) is 62.3 Å². The third-order valence-electron chi connectivity index (χ3n) is 6.66. The second-order valence-corrected chi connectivity index (χ2v) is 10.6. The number of methoxy groups -OCH3 is 1. The number of rotatable bonds is 8. The van der Waals surface area contributed by atoms with E-state index in [4.69, 9.17) is 17.0 Å². The second kappa shape index (κ2) is 11.9. The smallest absolute Gasteiger partial charge is 0.270 e. The van der Waals surface area contributed by atoms with Gasteiger partial charge >= 0.3 is 0 Å². The lowest BCUT2D eigenvalue weighted by atomic mass is 10.0. The number of benzene rings is 1. The van der Waals surface area contributed by atoms with Crippen LogP contribution in [0.25, 0.3) is 6.08 Å². The quantitative estimate of drug-likeness (QED) is 0.373. The lowest BCUT2D eigenvalue weighted by molar-refractivity contribution is -0.122. The number of carbonyl (C=O) groups is 1. The van der Waals surface area contributed by atoms with E-state index in [1.807, 2.05) is 31.2 Å². The maximum absolute atomic E-state index is 13.4. The van der Waals surface area contributed by atoms with E-state index < -0.39 is 0 Å². The van der Waals surface area contributed by atoms with E-state index in [-0.39, 0.29) is 17.0 Å². The summed E-state index contributed by atoms with van der Waals surface area (Å²) >= 11 is 6.70. The van der Waals surface area contributed by atoms with Crippen LogP contribution in [-0.4, -0.2) is 66.1 Å². The number of hydrogen-bond acceptors (Lipinski definition) is 8. The number of amides is 1. The molecule has 3 heterocycles. The Labute approximate surface area is 227 Å². The molecule has 0 aliphatic carbocycles. The van der Waals surface area contributed by atoms with E-state index in [0.29, 0.717) is 47.6 Å². The fraction of sp³-hybridized carbons (Fsp3) is 0.407. The molecule has 0 saturated carbocycles. The van der Waals surface area contributed by atoms with Gasteiger partial charge in [0.25, 0.3) is 11.5 Å². The third kappa shape index (κ3) is 5.44. The predicted molar refractivity (Wildman–Crippen MR) is 153 cm³/mol. The van der Waals surface area contributed by atoms with Crippen molar-refractivity contribution < 1.29 is 9.53 Å². The molecular weight excluding hydrogens is 506 g/mol. The highest BCUT2D eigenvalue weighted by molar-refractivity contribution is 8.26. The van der Waals surface area contributed by atoms with Crippen LogP contribution in [0.2, 0.25) is 0 Å². The summed E-state index contributed by atoms with van der Waals surface area (Å²) in [7, 11) is 1.58. The number of thiocarbonyl (C=S) groups is 1. The van der Waals surface area contributed by atoms with Crippen LogP contribution in [0.3, 0.4) is 0 Å². The van der Waals surface area contributed by atoms with Crippen LogP contribution in [0.4, 0.5) is 11.5 Å². The fourth-order valence-corrected chi connectivity index (χ4v) is 6.03. The molecule has 2 aliphatic rings. The van der Waals surface area contributed by atoms with Gasteiger partial charge in [-0.05, 0) is 37.1 Å². The van der Waals surface area contributed by atoms with Crippen LogP contribution >= 0.6 is 24.0 Å². The monoisotopic (exact) mass is 537 g/mol. The van der Waals surface area contributed by atoms with Gasteiger partial charge in [-0.3, -0.25) is 19.1 Å². The van der Waals surface area contributed by atoms with Crippen molar-refractivity contribution in [2.45, 2.75) is 26.8 Å². The summed E-state index contributed by atoms with van der Waals surface area (Å²) in [4.78, 5) is 33.2. The van der Waals surface area contributed by atoms with E-state index in [9.17, 15) is 14.9 Å². The third-order valence-corrected chi connectivity index (χ3v) is 8.04. The van der Waals surface area contributed by atoms with Crippen molar-refractivity contribution in [3.63, 3.8) is 0 Å². The molecule has 0 atom stereocenters. The number of carbonyl (C=O) groups excluding carboxylic acids is 1. The van der Waals surface area contributed by atoms with Gasteiger partial charge in [-0.15, -0.1) is 0 Å². The summed E-state index contributed by atoms with van der Waals surface area (Å²) < 4.78 is 7.32. The molecule has 1 amide bonds. The summed E-state index contributed by atoms with van der Waals surface area (Å²) in [5.74, 6) is 0.580. The first-order chi connectivity index (χ1) is 17.9. The number of aromatic nitrogens is 1. The number of pyridine rings is 1. The number of ether oxygens (including phenoxy) is 1. The Morgan fingerprint density at radius 2 is 1.78 bits per heavy atom. The molecule has 1 aromatic heterocycles. The van der Waals surface area contributed by atoms with E-state index in [1.165, 1.54) is 22.3 Å². The maximum atomic E-state index is 13.4. The highest BCUT2D eigenvalue weighted by Crippen LogP contribution is 2.36. The molecule has 4 rings (SSSR count). The van der Waals surface area contributed by atoms with Crippen molar-refractivity contribution in [2.75, 3.05) is 56.2 Å². The molecule has 0 spiro atoms. The minimum absolute atomic E-state index is 0.112. The first kappa shape index (κ1) is 26.9. The Hall–Kier alpha value is -3.13. The van der Waals surface area contributed by atoms with Crippen LogP contribution in [0.5, 0.6) is 0 Å². The molecular formula is C27H31N5O3S2. The average Bonchev–Trinajstić information content (AvgIpc) is 3.18. The molecule has 2 saturated heterocycles. The summed E-state index contributed by atoms with van der Waals surface area (Å²) in [5, 5.41) is 9.85. The van der Waals surface area contributed by atoms with Gasteiger partial charge in [-0.2, -0.15) is 5.26 Å². The van der Waals surface area contributed by atoms with Crippen LogP contribution in [0, 0.1) is 18.3 Å². The van der Waals surface area contributed by atoms with E-state index in [0.717, 1.165) is 30.9 Å². The number of thioether (sulfide) groups is 1. The SMILES string of the molecule is CCCn1c(N2CCN(c3ccccc3)CC2)c(C=C2SC(=S)N(CCOC)C2=O)c(C)c(C#N)c1=O. The van der Waals surface area contributed by atoms with Gasteiger partial charge in [-0.25, -0.2) is 0 Å². The van der Waals surface area contributed by atoms with Gasteiger partial charge in [0.2, 0.25) is 0 Å². The molecule has 2 fully saturated rings. The number of nitriles is 1. The highest BCUT2D eigenvalue weighted by atomic mass is 32.2. The van der Waals surface area contributed by atoms with E-state index in [2.05, 4.69) is 28.0 Å². The molecule has 2 aliphatic heterocycles. The molecule has 194 valence electrons. The zero-order valence-corrected chi connectivity index (χ0v) is 23.0. The number of piperazine rings is 1. The minimum Gasteiger partial charge on any atom is -0.383 e. The summed E-state index contributed by atoms with van der Waals surface area (Å²) in [6.07, 6.45) is 2.55. The normalized spacial score (nSPS) is 17.1.